The number of nitrogens with zero attached hydrogens (tertiary/aromatic N) is 3. The highest BCUT2D eigenvalue weighted by Crippen LogP contribution is 2.38. The molecule has 0 spiro atoms. The van der Waals surface area contributed by atoms with Crippen LogP contribution < -0.4 is 10.6 Å². The minimum Gasteiger partial charge on any atom is -0.504 e. The lowest BCUT2D eigenvalue weighted by Gasteiger charge is -2.17. The van der Waals surface area contributed by atoms with Gasteiger partial charge in [-0.3, -0.25) is 5.32 Å². The van der Waals surface area contributed by atoms with Crippen LogP contribution in [0.5, 0.6) is 5.75 Å². The van der Waals surface area contributed by atoms with Crippen LogP contribution in [0.25, 0.3) is 0 Å². The zero-order valence-corrected chi connectivity index (χ0v) is 16.9. The number of aromatic hydroxyl groups is 1. The van der Waals surface area contributed by atoms with Crippen molar-refractivity contribution in [2.45, 2.75) is 4.90 Å². The molecule has 0 saturated carbocycles. The van der Waals surface area contributed by atoms with Crippen LogP contribution in [0.15, 0.2) is 40.2 Å². The molecular formula is C16H14Cl2FN5O3S. The number of halogens is 3. The predicted molar refractivity (Wildman–Crippen MR) is 105 cm³/mol. The maximum Gasteiger partial charge on any atom is 0.247 e. The maximum atomic E-state index is 14.1. The second-order valence-corrected chi connectivity index (χ2v) is 8.36. The summed E-state index contributed by atoms with van der Waals surface area (Å²) in [5.41, 5.74) is -0.318. The second kappa shape index (κ2) is 8.62. The predicted octanol–water partition coefficient (Wildman–Crippen LogP) is 3.26. The van der Waals surface area contributed by atoms with Crippen LogP contribution in [-0.2, 0) is 10.0 Å². The smallest absolute Gasteiger partial charge is 0.247 e. The van der Waals surface area contributed by atoms with Gasteiger partial charge in [-0.15, -0.1) is 0 Å². The molecule has 0 atom stereocenters. The van der Waals surface area contributed by atoms with Gasteiger partial charge in [-0.2, -0.15) is 5.26 Å². The van der Waals surface area contributed by atoms with Crippen LogP contribution in [0.2, 0.25) is 10.0 Å². The van der Waals surface area contributed by atoms with Crippen molar-refractivity contribution < 1.29 is 17.9 Å². The van der Waals surface area contributed by atoms with Gasteiger partial charge in [0.25, 0.3) is 0 Å². The quantitative estimate of drug-likeness (QED) is 0.218. The van der Waals surface area contributed by atoms with E-state index in [4.69, 9.17) is 28.5 Å². The Morgan fingerprint density at radius 1 is 1.25 bits per heavy atom. The summed E-state index contributed by atoms with van der Waals surface area (Å²) in [6, 6.07) is 6.60. The Balaban J connectivity index is 2.54. The highest BCUT2D eigenvalue weighted by atomic mass is 35.5. The van der Waals surface area contributed by atoms with Gasteiger partial charge in [0, 0.05) is 14.1 Å². The normalized spacial score (nSPS) is 12.0. The first-order valence-corrected chi connectivity index (χ1v) is 9.68. The fourth-order valence-electron chi connectivity index (χ4n) is 2.04. The van der Waals surface area contributed by atoms with Crippen LogP contribution in [0.1, 0.15) is 0 Å². The van der Waals surface area contributed by atoms with Crippen LogP contribution in [0, 0.1) is 17.3 Å². The minimum absolute atomic E-state index is 0.131. The van der Waals surface area contributed by atoms with E-state index in [0.29, 0.717) is 0 Å². The summed E-state index contributed by atoms with van der Waals surface area (Å²) in [5, 5.41) is 23.7. The second-order valence-electron chi connectivity index (χ2n) is 5.46. The van der Waals surface area contributed by atoms with E-state index in [2.05, 4.69) is 15.6 Å². The third-order valence-electron chi connectivity index (χ3n) is 3.41. The van der Waals surface area contributed by atoms with Crippen LogP contribution in [0.3, 0.4) is 0 Å². The number of rotatable bonds is 4. The lowest BCUT2D eigenvalue weighted by atomic mass is 10.3. The zero-order chi connectivity index (χ0) is 21.1. The molecule has 2 aromatic carbocycles. The number of guanidine groups is 1. The standard InChI is InChI=1S/C16H14Cl2FN5O3S/c1-24(2)28(26,27)15-10(18)6-7-12(14(15)25)23-16(21-8-20)22-11-5-3-4-9(17)13(11)19/h3-7,25H,1-2H3,(H2,21,22,23). The Bertz CT molecular complexity index is 1080. The van der Waals surface area contributed by atoms with Gasteiger partial charge >= 0.3 is 0 Å². The molecule has 0 aliphatic heterocycles. The van der Waals surface area contributed by atoms with E-state index in [0.717, 1.165) is 4.31 Å². The van der Waals surface area contributed by atoms with E-state index < -0.39 is 26.5 Å². The van der Waals surface area contributed by atoms with Gasteiger partial charge in [0.1, 0.15) is 10.6 Å². The molecule has 0 aromatic heterocycles. The largest absolute Gasteiger partial charge is 0.504 e. The Labute approximate surface area is 170 Å². The van der Waals surface area contributed by atoms with Crippen LogP contribution in [-0.4, -0.2) is 37.9 Å². The van der Waals surface area contributed by atoms with Crippen LogP contribution >= 0.6 is 23.2 Å². The molecule has 0 heterocycles. The Morgan fingerprint density at radius 2 is 1.93 bits per heavy atom. The lowest BCUT2D eigenvalue weighted by molar-refractivity contribution is 0.455. The molecule has 0 amide bonds. The summed E-state index contributed by atoms with van der Waals surface area (Å²) < 4.78 is 39.7. The first-order chi connectivity index (χ1) is 13.1. The first kappa shape index (κ1) is 21.7. The zero-order valence-electron chi connectivity index (χ0n) is 14.5. The van der Waals surface area contributed by atoms with E-state index in [1.165, 1.54) is 44.4 Å². The van der Waals surface area contributed by atoms with Crippen LogP contribution in [0.4, 0.5) is 15.8 Å². The molecule has 0 bridgehead atoms. The van der Waals surface area contributed by atoms with E-state index in [9.17, 15) is 17.9 Å². The van der Waals surface area contributed by atoms with E-state index in [-0.39, 0.29) is 27.4 Å². The van der Waals surface area contributed by atoms with Crippen molar-refractivity contribution >= 4 is 50.6 Å². The minimum atomic E-state index is -4.07. The van der Waals surface area contributed by atoms with Gasteiger partial charge in [0.2, 0.25) is 16.0 Å². The van der Waals surface area contributed by atoms with E-state index >= 15 is 0 Å². The summed E-state index contributed by atoms with van der Waals surface area (Å²) in [5.74, 6) is -1.80. The Hall–Kier alpha value is -2.58. The fraction of sp³-hybridized carbons (Fsp3) is 0.125. The SMILES string of the molecule is CN(C)S(=O)(=O)c1c(Cl)ccc(NC(=Nc2cccc(Cl)c2F)NC#N)c1O. The number of hydrogen-bond donors (Lipinski definition) is 3. The number of phenols is 1. The molecule has 12 heteroatoms. The van der Waals surface area contributed by atoms with Gasteiger partial charge in [-0.25, -0.2) is 22.1 Å². The van der Waals surface area contributed by atoms with Crippen molar-refractivity contribution in [3.05, 3.63) is 46.2 Å². The number of hydrogen-bond acceptors (Lipinski definition) is 5. The number of nitrogens with one attached hydrogen (secondary N) is 2. The highest BCUT2D eigenvalue weighted by Gasteiger charge is 2.27. The van der Waals surface area contributed by atoms with Crippen molar-refractivity contribution in [2.75, 3.05) is 19.4 Å². The number of aliphatic imine (C=N–C) groups is 1. The number of sulfonamides is 1. The molecule has 0 radical (unpaired) electrons. The summed E-state index contributed by atoms with van der Waals surface area (Å²) in [4.78, 5) is 3.37. The highest BCUT2D eigenvalue weighted by molar-refractivity contribution is 7.89. The van der Waals surface area contributed by atoms with Crippen molar-refractivity contribution in [3.8, 4) is 11.9 Å². The van der Waals surface area contributed by atoms with Crippen molar-refractivity contribution in [1.29, 1.82) is 5.26 Å². The van der Waals surface area contributed by atoms with Crippen molar-refractivity contribution in [3.63, 3.8) is 0 Å². The Morgan fingerprint density at radius 3 is 2.54 bits per heavy atom. The van der Waals surface area contributed by atoms with Crippen molar-refractivity contribution in [1.82, 2.24) is 9.62 Å². The maximum absolute atomic E-state index is 14.1. The van der Waals surface area contributed by atoms with Gasteiger partial charge in [0.05, 0.1) is 15.7 Å². The van der Waals surface area contributed by atoms with Crippen molar-refractivity contribution in [2.24, 2.45) is 4.99 Å². The molecule has 148 valence electrons. The molecule has 8 nitrogen and oxygen atoms in total. The molecule has 3 N–H and O–H groups in total. The molecule has 0 aliphatic carbocycles. The molecule has 0 aliphatic rings. The summed E-state index contributed by atoms with van der Waals surface area (Å²) in [6.07, 6.45) is 1.60. The van der Waals surface area contributed by atoms with Gasteiger partial charge in [-0.05, 0) is 24.3 Å². The molecule has 2 rings (SSSR count). The average Bonchev–Trinajstić information content (AvgIpc) is 2.61. The lowest BCUT2D eigenvalue weighted by Crippen LogP contribution is -2.27. The van der Waals surface area contributed by atoms with Gasteiger partial charge in [-0.1, -0.05) is 29.3 Å². The summed E-state index contributed by atoms with van der Waals surface area (Å²) >= 11 is 11.6. The molecule has 28 heavy (non-hydrogen) atoms. The number of nitriles is 1. The topological polar surface area (TPSA) is 118 Å². The van der Waals surface area contributed by atoms with E-state index in [1.807, 2.05) is 0 Å². The molecule has 2 aromatic rings. The molecule has 0 saturated heterocycles. The number of anilines is 1. The molecule has 0 fully saturated rings. The van der Waals surface area contributed by atoms with E-state index in [1.54, 1.807) is 6.19 Å². The summed E-state index contributed by atoms with van der Waals surface area (Å²) in [7, 11) is -1.52. The molecular weight excluding hydrogens is 432 g/mol. The number of phenolic OH excluding ortho intramolecular Hbond substituents is 1. The summed E-state index contributed by atoms with van der Waals surface area (Å²) in [6.45, 7) is 0. The Kier molecular flexibility index (Phi) is 6.69. The first-order valence-electron chi connectivity index (χ1n) is 7.48. The average molecular weight is 446 g/mol. The third kappa shape index (κ3) is 4.45. The van der Waals surface area contributed by atoms with Gasteiger partial charge in [0.15, 0.2) is 17.8 Å². The molecule has 0 unspecified atom stereocenters. The monoisotopic (exact) mass is 445 g/mol. The fourth-order valence-corrected chi connectivity index (χ4v) is 3.69. The number of benzene rings is 2. The third-order valence-corrected chi connectivity index (χ3v) is 6.02. The van der Waals surface area contributed by atoms with Gasteiger partial charge < -0.3 is 10.4 Å².